The lowest BCUT2D eigenvalue weighted by Crippen LogP contribution is -2.49. The summed E-state index contributed by atoms with van der Waals surface area (Å²) in [5, 5.41) is 9.62. The Labute approximate surface area is 157 Å². The van der Waals surface area contributed by atoms with Crippen LogP contribution in [0.4, 0.5) is 0 Å². The number of rotatable bonds is 8. The molecule has 1 aromatic carbocycles. The summed E-state index contributed by atoms with van der Waals surface area (Å²) >= 11 is 0. The monoisotopic (exact) mass is 346 g/mol. The van der Waals surface area contributed by atoms with Crippen molar-refractivity contribution in [2.45, 2.75) is 93.9 Å². The van der Waals surface area contributed by atoms with Crippen LogP contribution in [0.25, 0.3) is 0 Å². The third-order valence-corrected chi connectivity index (χ3v) is 7.22. The molecule has 0 fully saturated rings. The molecule has 0 saturated carbocycles. The van der Waals surface area contributed by atoms with E-state index in [1.807, 2.05) is 12.1 Å². The Bertz CT molecular complexity index is 548. The fourth-order valence-electron chi connectivity index (χ4n) is 4.99. The lowest BCUT2D eigenvalue weighted by atomic mass is 9.48. The van der Waals surface area contributed by atoms with E-state index >= 15 is 0 Å². The van der Waals surface area contributed by atoms with Gasteiger partial charge in [-0.15, -0.1) is 0 Å². The number of aromatic hydroxyl groups is 1. The van der Waals surface area contributed by atoms with Gasteiger partial charge in [-0.1, -0.05) is 87.8 Å². The van der Waals surface area contributed by atoms with E-state index in [1.54, 1.807) is 0 Å². The van der Waals surface area contributed by atoms with Crippen LogP contribution in [0, 0.1) is 22.2 Å². The molecule has 1 nitrogen and oxygen atoms in total. The zero-order valence-corrected chi connectivity index (χ0v) is 18.5. The molecule has 1 heteroatoms. The van der Waals surface area contributed by atoms with Crippen molar-refractivity contribution in [1.29, 1.82) is 0 Å². The summed E-state index contributed by atoms with van der Waals surface area (Å²) in [6, 6.07) is 7.78. The first-order valence-corrected chi connectivity index (χ1v) is 9.98. The number of hydrogen-bond acceptors (Lipinski definition) is 1. The Morgan fingerprint density at radius 3 is 1.72 bits per heavy atom. The van der Waals surface area contributed by atoms with Gasteiger partial charge in [-0.05, 0) is 58.1 Å². The maximum absolute atomic E-state index is 9.62. The lowest BCUT2D eigenvalue weighted by Gasteiger charge is -2.57. The number of hydrogen-bond donors (Lipinski definition) is 1. The van der Waals surface area contributed by atoms with Gasteiger partial charge in [-0.3, -0.25) is 0 Å². The van der Waals surface area contributed by atoms with E-state index in [2.05, 4.69) is 81.4 Å². The second kappa shape index (κ2) is 7.33. The number of phenols is 1. The van der Waals surface area contributed by atoms with Crippen LogP contribution < -0.4 is 0 Å². The Hall–Kier alpha value is -0.980. The summed E-state index contributed by atoms with van der Waals surface area (Å²) in [5.74, 6) is 1.03. The molecule has 0 saturated heterocycles. The highest BCUT2D eigenvalue weighted by atomic mass is 16.3. The number of benzene rings is 1. The average Bonchev–Trinajstić information content (AvgIpc) is 2.45. The minimum Gasteiger partial charge on any atom is -0.508 e. The molecule has 144 valence electrons. The molecule has 25 heavy (non-hydrogen) atoms. The predicted octanol–water partition coefficient (Wildman–Crippen LogP) is 7.57. The predicted molar refractivity (Wildman–Crippen MR) is 111 cm³/mol. The Morgan fingerprint density at radius 2 is 1.32 bits per heavy atom. The second-order valence-electron chi connectivity index (χ2n) is 10.7. The van der Waals surface area contributed by atoms with E-state index in [9.17, 15) is 5.11 Å². The molecule has 0 bridgehead atoms. The van der Waals surface area contributed by atoms with Gasteiger partial charge in [0.1, 0.15) is 5.75 Å². The summed E-state index contributed by atoms with van der Waals surface area (Å²) in [7, 11) is 0. The van der Waals surface area contributed by atoms with Crippen LogP contribution in [-0.4, -0.2) is 5.11 Å². The van der Waals surface area contributed by atoms with Crippen molar-refractivity contribution in [2.24, 2.45) is 22.2 Å². The van der Waals surface area contributed by atoms with Gasteiger partial charge in [0.15, 0.2) is 0 Å². The maximum atomic E-state index is 9.62. The molecule has 0 heterocycles. The van der Waals surface area contributed by atoms with Crippen LogP contribution in [0.1, 0.15) is 94.1 Å². The quantitative estimate of drug-likeness (QED) is 0.514. The topological polar surface area (TPSA) is 20.2 Å². The zero-order valence-electron chi connectivity index (χ0n) is 18.5. The van der Waals surface area contributed by atoms with Crippen LogP contribution in [0.3, 0.4) is 0 Å². The van der Waals surface area contributed by atoms with Crippen molar-refractivity contribution >= 4 is 0 Å². The van der Waals surface area contributed by atoms with Crippen LogP contribution in [0.15, 0.2) is 24.3 Å². The summed E-state index contributed by atoms with van der Waals surface area (Å²) in [6.45, 7) is 24.1. The van der Waals surface area contributed by atoms with Crippen molar-refractivity contribution in [3.8, 4) is 5.75 Å². The number of phenolic OH excluding ortho intramolecular Hbond substituents is 1. The fraction of sp³-hybridized carbons (Fsp3) is 0.750. The second-order valence-corrected chi connectivity index (χ2v) is 10.7. The molecule has 1 rings (SSSR count). The largest absolute Gasteiger partial charge is 0.508 e. The highest BCUT2D eigenvalue weighted by Gasteiger charge is 2.51. The highest BCUT2D eigenvalue weighted by molar-refractivity contribution is 5.31. The van der Waals surface area contributed by atoms with Crippen molar-refractivity contribution in [3.05, 3.63) is 29.8 Å². The van der Waals surface area contributed by atoms with E-state index in [-0.39, 0.29) is 21.7 Å². The van der Waals surface area contributed by atoms with Crippen molar-refractivity contribution in [3.63, 3.8) is 0 Å². The first kappa shape index (κ1) is 22.1. The Morgan fingerprint density at radius 1 is 0.840 bits per heavy atom. The first-order chi connectivity index (χ1) is 11.2. The van der Waals surface area contributed by atoms with Crippen LogP contribution in [0.5, 0.6) is 5.75 Å². The Kier molecular flexibility index (Phi) is 6.47. The van der Waals surface area contributed by atoms with Crippen molar-refractivity contribution in [2.75, 3.05) is 0 Å². The molecular weight excluding hydrogens is 304 g/mol. The molecule has 1 N–H and O–H groups in total. The molecule has 0 radical (unpaired) electrons. The fourth-order valence-corrected chi connectivity index (χ4v) is 4.99. The van der Waals surface area contributed by atoms with Crippen molar-refractivity contribution < 1.29 is 5.11 Å². The third kappa shape index (κ3) is 4.60. The normalized spacial score (nSPS) is 16.1. The standard InChI is InChI=1S/C24H42O/c1-11-22(6,7)24(10,16-18(2)3)23(8,9)17-21(4,5)19-12-14-20(25)15-13-19/h12-15,18,25H,11,16-17H2,1-10H3. The molecule has 0 aliphatic carbocycles. The van der Waals surface area contributed by atoms with E-state index in [0.29, 0.717) is 11.7 Å². The Balaban J connectivity index is 3.27. The van der Waals surface area contributed by atoms with E-state index < -0.39 is 0 Å². The minimum atomic E-state index is 0.0687. The molecule has 0 spiro atoms. The van der Waals surface area contributed by atoms with Gasteiger partial charge in [-0.2, -0.15) is 0 Å². The molecular formula is C24H42O. The molecule has 0 aliphatic heterocycles. The summed E-state index contributed by atoms with van der Waals surface area (Å²) < 4.78 is 0. The van der Waals surface area contributed by atoms with Crippen molar-refractivity contribution in [1.82, 2.24) is 0 Å². The minimum absolute atomic E-state index is 0.0687. The average molecular weight is 347 g/mol. The van der Waals surface area contributed by atoms with Gasteiger partial charge in [0.05, 0.1) is 0 Å². The SMILES string of the molecule is CCC(C)(C)C(C)(CC(C)C)C(C)(C)CC(C)(C)c1ccc(O)cc1. The third-order valence-electron chi connectivity index (χ3n) is 7.22. The van der Waals surface area contributed by atoms with Gasteiger partial charge in [0, 0.05) is 0 Å². The molecule has 0 aromatic heterocycles. The van der Waals surface area contributed by atoms with E-state index in [0.717, 1.165) is 6.42 Å². The molecule has 1 aromatic rings. The summed E-state index contributed by atoms with van der Waals surface area (Å²) in [4.78, 5) is 0. The van der Waals surface area contributed by atoms with Gasteiger partial charge in [-0.25, -0.2) is 0 Å². The lowest BCUT2D eigenvalue weighted by molar-refractivity contribution is -0.0696. The van der Waals surface area contributed by atoms with Gasteiger partial charge in [0.2, 0.25) is 0 Å². The van der Waals surface area contributed by atoms with Crippen LogP contribution in [0.2, 0.25) is 0 Å². The summed E-state index contributed by atoms with van der Waals surface area (Å²) in [6.07, 6.45) is 3.56. The van der Waals surface area contributed by atoms with E-state index in [1.165, 1.54) is 18.4 Å². The van der Waals surface area contributed by atoms with E-state index in [4.69, 9.17) is 0 Å². The first-order valence-electron chi connectivity index (χ1n) is 9.98. The van der Waals surface area contributed by atoms with Crippen LogP contribution >= 0.6 is 0 Å². The summed E-state index contributed by atoms with van der Waals surface area (Å²) in [5.41, 5.74) is 2.10. The van der Waals surface area contributed by atoms with Gasteiger partial charge >= 0.3 is 0 Å². The smallest absolute Gasteiger partial charge is 0.115 e. The molecule has 0 aliphatic rings. The zero-order chi connectivity index (χ0) is 19.7. The highest BCUT2D eigenvalue weighted by Crippen LogP contribution is 2.60. The maximum Gasteiger partial charge on any atom is 0.115 e. The van der Waals surface area contributed by atoms with Gasteiger partial charge < -0.3 is 5.11 Å². The molecule has 0 amide bonds. The van der Waals surface area contributed by atoms with Crippen LogP contribution in [-0.2, 0) is 5.41 Å². The van der Waals surface area contributed by atoms with Gasteiger partial charge in [0.25, 0.3) is 0 Å². The molecule has 1 unspecified atom stereocenters. The molecule has 1 atom stereocenters.